The third-order valence-corrected chi connectivity index (χ3v) is 2.76. The van der Waals surface area contributed by atoms with Crippen LogP contribution in [0.15, 0.2) is 0 Å². The van der Waals surface area contributed by atoms with E-state index in [-0.39, 0.29) is 11.2 Å². The van der Waals surface area contributed by atoms with E-state index in [1.807, 2.05) is 0 Å². The highest BCUT2D eigenvalue weighted by Crippen LogP contribution is 2.33. The molecule has 0 bridgehead atoms. The van der Waals surface area contributed by atoms with Crippen LogP contribution in [0, 0.1) is 5.41 Å². The van der Waals surface area contributed by atoms with Crippen LogP contribution < -0.4 is 0 Å². The molecule has 0 saturated heterocycles. The maximum atomic E-state index is 10.7. The molecule has 0 fully saturated rings. The van der Waals surface area contributed by atoms with Crippen molar-refractivity contribution >= 4 is 5.97 Å². The fourth-order valence-corrected chi connectivity index (χ4v) is 1.92. The molecular formula is C10H14N2O2. The third kappa shape index (κ3) is 1.52. The number of carboxylic acid groups (broad SMARTS) is 1. The zero-order valence-corrected chi connectivity index (χ0v) is 8.42. The second kappa shape index (κ2) is 2.83. The molecular weight excluding hydrogens is 180 g/mol. The van der Waals surface area contributed by atoms with Gasteiger partial charge in [-0.05, 0) is 24.7 Å². The van der Waals surface area contributed by atoms with Crippen LogP contribution in [0.3, 0.4) is 0 Å². The molecule has 0 aliphatic heterocycles. The predicted octanol–water partition coefficient (Wildman–Crippen LogP) is 1.62. The summed E-state index contributed by atoms with van der Waals surface area (Å²) < 4.78 is 0. The molecule has 2 N–H and O–H groups in total. The Morgan fingerprint density at radius 1 is 1.57 bits per heavy atom. The number of H-pyrrole nitrogens is 1. The number of hydrogen-bond donors (Lipinski definition) is 2. The number of carbonyl (C=O) groups is 1. The molecule has 0 saturated carbocycles. The molecule has 0 aromatic carbocycles. The minimum atomic E-state index is -0.975. The van der Waals surface area contributed by atoms with Crippen molar-refractivity contribution in [2.75, 3.05) is 0 Å². The monoisotopic (exact) mass is 194 g/mol. The third-order valence-electron chi connectivity index (χ3n) is 2.76. The van der Waals surface area contributed by atoms with Gasteiger partial charge < -0.3 is 10.1 Å². The molecule has 4 nitrogen and oxygen atoms in total. The van der Waals surface area contributed by atoms with Gasteiger partial charge in [-0.1, -0.05) is 13.8 Å². The van der Waals surface area contributed by atoms with Crippen LogP contribution >= 0.6 is 0 Å². The van der Waals surface area contributed by atoms with Crippen LogP contribution in [0.4, 0.5) is 0 Å². The molecule has 1 aliphatic rings. The number of rotatable bonds is 1. The summed E-state index contributed by atoms with van der Waals surface area (Å²) in [7, 11) is 0. The van der Waals surface area contributed by atoms with Gasteiger partial charge in [-0.2, -0.15) is 0 Å². The molecule has 0 amide bonds. The Kier molecular flexibility index (Phi) is 1.87. The van der Waals surface area contributed by atoms with E-state index in [9.17, 15) is 4.79 Å². The largest absolute Gasteiger partial charge is 0.475 e. The lowest BCUT2D eigenvalue weighted by atomic mass is 9.78. The van der Waals surface area contributed by atoms with E-state index < -0.39 is 5.97 Å². The predicted molar refractivity (Wildman–Crippen MR) is 51.4 cm³/mol. The van der Waals surface area contributed by atoms with E-state index in [0.717, 1.165) is 30.7 Å². The Morgan fingerprint density at radius 3 is 2.93 bits per heavy atom. The zero-order valence-electron chi connectivity index (χ0n) is 8.42. The molecule has 0 radical (unpaired) electrons. The number of aromatic nitrogens is 2. The molecule has 1 heterocycles. The molecule has 14 heavy (non-hydrogen) atoms. The Balaban J connectivity index is 2.34. The molecule has 0 unspecified atom stereocenters. The quantitative estimate of drug-likeness (QED) is 0.714. The second-order valence-corrected chi connectivity index (χ2v) is 4.66. The number of aryl methyl sites for hydroxylation is 1. The van der Waals surface area contributed by atoms with E-state index in [4.69, 9.17) is 5.11 Å². The summed E-state index contributed by atoms with van der Waals surface area (Å²) in [5.74, 6) is -0.898. The summed E-state index contributed by atoms with van der Waals surface area (Å²) in [4.78, 5) is 17.6. The van der Waals surface area contributed by atoms with E-state index in [1.165, 1.54) is 0 Å². The zero-order chi connectivity index (χ0) is 10.3. The van der Waals surface area contributed by atoms with Gasteiger partial charge >= 0.3 is 5.97 Å². The molecule has 1 aromatic rings. The number of fused-ring (bicyclic) bond motifs is 1. The molecule has 1 aromatic heterocycles. The molecule has 1 aliphatic carbocycles. The number of hydrogen-bond acceptors (Lipinski definition) is 2. The average Bonchev–Trinajstić information content (AvgIpc) is 2.45. The van der Waals surface area contributed by atoms with E-state index in [2.05, 4.69) is 23.8 Å². The maximum Gasteiger partial charge on any atom is 0.371 e. The first-order valence-corrected chi connectivity index (χ1v) is 4.79. The van der Waals surface area contributed by atoms with Gasteiger partial charge in [-0.25, -0.2) is 9.78 Å². The minimum absolute atomic E-state index is 0.0766. The first-order valence-electron chi connectivity index (χ1n) is 4.79. The number of carboxylic acids is 1. The van der Waals surface area contributed by atoms with Gasteiger partial charge in [0.05, 0.1) is 5.69 Å². The number of aromatic amines is 1. The summed E-state index contributed by atoms with van der Waals surface area (Å²) in [6, 6.07) is 0. The van der Waals surface area contributed by atoms with Gasteiger partial charge in [-0.3, -0.25) is 0 Å². The van der Waals surface area contributed by atoms with Crippen molar-refractivity contribution in [1.29, 1.82) is 0 Å². The van der Waals surface area contributed by atoms with E-state index in [0.29, 0.717) is 0 Å². The Hall–Kier alpha value is -1.32. The summed E-state index contributed by atoms with van der Waals surface area (Å²) in [5.41, 5.74) is 2.19. The fourth-order valence-electron chi connectivity index (χ4n) is 1.92. The van der Waals surface area contributed by atoms with Crippen LogP contribution in [-0.2, 0) is 12.8 Å². The lowest BCUT2D eigenvalue weighted by Crippen LogP contribution is -2.21. The molecule has 76 valence electrons. The summed E-state index contributed by atoms with van der Waals surface area (Å²) >= 11 is 0. The van der Waals surface area contributed by atoms with E-state index in [1.54, 1.807) is 0 Å². The van der Waals surface area contributed by atoms with Gasteiger partial charge in [0.15, 0.2) is 0 Å². The Labute approximate surface area is 82.4 Å². The van der Waals surface area contributed by atoms with Gasteiger partial charge in [0.2, 0.25) is 5.82 Å². The van der Waals surface area contributed by atoms with Gasteiger partial charge in [0, 0.05) is 5.69 Å². The highest BCUT2D eigenvalue weighted by Gasteiger charge is 2.28. The average molecular weight is 194 g/mol. The van der Waals surface area contributed by atoms with Crippen molar-refractivity contribution in [2.24, 2.45) is 5.41 Å². The Morgan fingerprint density at radius 2 is 2.29 bits per heavy atom. The summed E-state index contributed by atoms with van der Waals surface area (Å²) in [6.07, 6.45) is 2.85. The molecule has 0 spiro atoms. The van der Waals surface area contributed by atoms with Gasteiger partial charge in [0.1, 0.15) is 0 Å². The van der Waals surface area contributed by atoms with Gasteiger partial charge in [0.25, 0.3) is 0 Å². The Bertz CT molecular complexity index is 379. The van der Waals surface area contributed by atoms with Crippen LogP contribution in [0.25, 0.3) is 0 Å². The molecule has 2 rings (SSSR count). The normalized spacial score (nSPS) is 19.0. The standard InChI is InChI=1S/C10H14N2O2/c1-10(2)4-3-6-7(5-10)12-8(11-6)9(13)14/h3-5H2,1-2H3,(H,11,12)(H,13,14). The fraction of sp³-hybridized carbons (Fsp3) is 0.600. The lowest BCUT2D eigenvalue weighted by molar-refractivity contribution is 0.0684. The number of nitrogens with zero attached hydrogens (tertiary/aromatic N) is 1. The lowest BCUT2D eigenvalue weighted by Gasteiger charge is -2.28. The van der Waals surface area contributed by atoms with Crippen LogP contribution in [0.2, 0.25) is 0 Å². The first kappa shape index (κ1) is 9.24. The van der Waals surface area contributed by atoms with Crippen molar-refractivity contribution in [1.82, 2.24) is 9.97 Å². The van der Waals surface area contributed by atoms with Crippen molar-refractivity contribution in [3.63, 3.8) is 0 Å². The van der Waals surface area contributed by atoms with Crippen molar-refractivity contribution in [3.05, 3.63) is 17.2 Å². The van der Waals surface area contributed by atoms with Crippen LogP contribution in [-0.4, -0.2) is 21.0 Å². The van der Waals surface area contributed by atoms with Crippen LogP contribution in [0.5, 0.6) is 0 Å². The SMILES string of the molecule is CC1(C)CCc2nc(C(=O)O)[nH]c2C1. The highest BCUT2D eigenvalue weighted by molar-refractivity contribution is 5.83. The first-order chi connectivity index (χ1) is 6.48. The molecule has 0 atom stereocenters. The minimum Gasteiger partial charge on any atom is -0.475 e. The van der Waals surface area contributed by atoms with Gasteiger partial charge in [-0.15, -0.1) is 0 Å². The van der Waals surface area contributed by atoms with Crippen molar-refractivity contribution < 1.29 is 9.90 Å². The second-order valence-electron chi connectivity index (χ2n) is 4.66. The molecule has 4 heteroatoms. The number of imidazole rings is 1. The van der Waals surface area contributed by atoms with E-state index >= 15 is 0 Å². The number of aromatic carboxylic acids is 1. The van der Waals surface area contributed by atoms with Crippen LogP contribution in [0.1, 0.15) is 42.3 Å². The smallest absolute Gasteiger partial charge is 0.371 e. The summed E-state index contributed by atoms with van der Waals surface area (Å²) in [5, 5.41) is 8.77. The number of nitrogens with one attached hydrogen (secondary N) is 1. The highest BCUT2D eigenvalue weighted by atomic mass is 16.4. The van der Waals surface area contributed by atoms with Crippen molar-refractivity contribution in [3.8, 4) is 0 Å². The topological polar surface area (TPSA) is 66.0 Å². The van der Waals surface area contributed by atoms with Crippen molar-refractivity contribution in [2.45, 2.75) is 33.1 Å². The summed E-state index contributed by atoms with van der Waals surface area (Å²) in [6.45, 7) is 4.38. The maximum absolute atomic E-state index is 10.7.